The SMILES string of the molecule is CCOC(=O)c1cccc(NC(=O)c2ccc(N(C)S(C)(=O)=O)cc2Cl)c1C. The van der Waals surface area contributed by atoms with E-state index in [9.17, 15) is 18.0 Å². The van der Waals surface area contributed by atoms with Gasteiger partial charge < -0.3 is 10.1 Å². The van der Waals surface area contributed by atoms with Crippen molar-refractivity contribution >= 4 is 44.9 Å². The fourth-order valence-corrected chi connectivity index (χ4v) is 3.22. The maximum atomic E-state index is 12.6. The molecule has 0 heterocycles. The molecular formula is C19H21ClN2O5S. The summed E-state index contributed by atoms with van der Waals surface area (Å²) in [5, 5.41) is 2.82. The van der Waals surface area contributed by atoms with Gasteiger partial charge in [-0.15, -0.1) is 0 Å². The predicted molar refractivity (Wildman–Crippen MR) is 110 cm³/mol. The van der Waals surface area contributed by atoms with Gasteiger partial charge in [-0.2, -0.15) is 0 Å². The first-order valence-electron chi connectivity index (χ1n) is 8.37. The first-order valence-corrected chi connectivity index (χ1v) is 10.6. The van der Waals surface area contributed by atoms with Crippen molar-refractivity contribution in [1.29, 1.82) is 0 Å². The minimum atomic E-state index is -3.45. The first-order chi connectivity index (χ1) is 13.1. The molecule has 0 aliphatic heterocycles. The third-order valence-electron chi connectivity index (χ3n) is 4.14. The highest BCUT2D eigenvalue weighted by Gasteiger charge is 2.18. The monoisotopic (exact) mass is 424 g/mol. The lowest BCUT2D eigenvalue weighted by atomic mass is 10.1. The fraction of sp³-hybridized carbons (Fsp3) is 0.263. The zero-order chi connectivity index (χ0) is 21.1. The van der Waals surface area contributed by atoms with E-state index in [0.717, 1.165) is 10.6 Å². The van der Waals surface area contributed by atoms with Gasteiger partial charge in [0.1, 0.15) is 0 Å². The molecule has 2 aromatic rings. The standard InChI is InChI=1S/C19H21ClN2O5S/c1-5-27-19(24)14-7-6-8-17(12(14)2)21-18(23)15-10-9-13(11-16(15)20)22(3)28(4,25)26/h6-11H,5H2,1-4H3,(H,21,23). The molecule has 2 aromatic carbocycles. The van der Waals surface area contributed by atoms with Gasteiger partial charge in [-0.25, -0.2) is 13.2 Å². The van der Waals surface area contributed by atoms with Gasteiger partial charge in [-0.1, -0.05) is 17.7 Å². The minimum absolute atomic E-state index is 0.102. The summed E-state index contributed by atoms with van der Waals surface area (Å²) in [5.74, 6) is -0.954. The molecule has 1 N–H and O–H groups in total. The third-order valence-corrected chi connectivity index (χ3v) is 5.65. The molecular weight excluding hydrogens is 404 g/mol. The highest BCUT2D eigenvalue weighted by molar-refractivity contribution is 7.92. The van der Waals surface area contributed by atoms with Crippen LogP contribution in [0.2, 0.25) is 5.02 Å². The summed E-state index contributed by atoms with van der Waals surface area (Å²) in [5.41, 5.74) is 1.89. The molecule has 0 aromatic heterocycles. The average molecular weight is 425 g/mol. The second-order valence-electron chi connectivity index (χ2n) is 6.05. The van der Waals surface area contributed by atoms with Crippen LogP contribution in [0.3, 0.4) is 0 Å². The topological polar surface area (TPSA) is 92.8 Å². The van der Waals surface area contributed by atoms with E-state index in [1.165, 1.54) is 25.2 Å². The van der Waals surface area contributed by atoms with Crippen molar-refractivity contribution in [1.82, 2.24) is 0 Å². The van der Waals surface area contributed by atoms with E-state index in [2.05, 4.69) is 5.32 Å². The number of carbonyl (C=O) groups is 2. The van der Waals surface area contributed by atoms with E-state index in [1.54, 1.807) is 32.0 Å². The molecule has 2 rings (SSSR count). The van der Waals surface area contributed by atoms with E-state index in [-0.39, 0.29) is 17.2 Å². The van der Waals surface area contributed by atoms with Crippen LogP contribution >= 0.6 is 11.6 Å². The summed E-state index contributed by atoms with van der Waals surface area (Å²) >= 11 is 6.19. The molecule has 7 nitrogen and oxygen atoms in total. The molecule has 0 radical (unpaired) electrons. The Bertz CT molecular complexity index is 1020. The highest BCUT2D eigenvalue weighted by Crippen LogP contribution is 2.26. The number of esters is 1. The summed E-state index contributed by atoms with van der Waals surface area (Å²) in [6.07, 6.45) is 1.07. The van der Waals surface area contributed by atoms with Gasteiger partial charge in [0.25, 0.3) is 5.91 Å². The molecule has 9 heteroatoms. The molecule has 0 aliphatic carbocycles. The number of hydrogen-bond acceptors (Lipinski definition) is 5. The summed E-state index contributed by atoms with van der Waals surface area (Å²) in [4.78, 5) is 24.6. The Balaban J connectivity index is 2.29. The molecule has 150 valence electrons. The molecule has 0 saturated carbocycles. The zero-order valence-electron chi connectivity index (χ0n) is 15.9. The lowest BCUT2D eigenvalue weighted by Crippen LogP contribution is -2.25. The maximum Gasteiger partial charge on any atom is 0.338 e. The van der Waals surface area contributed by atoms with E-state index in [0.29, 0.717) is 22.5 Å². The lowest BCUT2D eigenvalue weighted by molar-refractivity contribution is 0.0525. The Kier molecular flexibility index (Phi) is 6.69. The van der Waals surface area contributed by atoms with E-state index < -0.39 is 21.9 Å². The predicted octanol–water partition coefficient (Wildman–Crippen LogP) is 3.47. The molecule has 0 unspecified atom stereocenters. The van der Waals surface area contributed by atoms with Crippen molar-refractivity contribution in [3.63, 3.8) is 0 Å². The number of ether oxygens (including phenoxy) is 1. The van der Waals surface area contributed by atoms with Crippen LogP contribution in [-0.4, -0.2) is 40.2 Å². The zero-order valence-corrected chi connectivity index (χ0v) is 17.5. The molecule has 0 spiro atoms. The fourth-order valence-electron chi connectivity index (χ4n) is 2.47. The third kappa shape index (κ3) is 4.82. The number of rotatable bonds is 6. The lowest BCUT2D eigenvalue weighted by Gasteiger charge is -2.18. The van der Waals surface area contributed by atoms with Gasteiger partial charge in [0.2, 0.25) is 10.0 Å². The van der Waals surface area contributed by atoms with Crippen LogP contribution in [0.15, 0.2) is 36.4 Å². The number of hydrogen-bond donors (Lipinski definition) is 1. The molecule has 0 saturated heterocycles. The van der Waals surface area contributed by atoms with Gasteiger partial charge in [0.15, 0.2) is 0 Å². The number of sulfonamides is 1. The summed E-state index contributed by atoms with van der Waals surface area (Å²) in [7, 11) is -2.05. The summed E-state index contributed by atoms with van der Waals surface area (Å²) in [6.45, 7) is 3.66. The second kappa shape index (κ2) is 8.62. The quantitative estimate of drug-likeness (QED) is 0.716. The number of benzene rings is 2. The minimum Gasteiger partial charge on any atom is -0.462 e. The summed E-state index contributed by atoms with van der Waals surface area (Å²) in [6, 6.07) is 9.25. The van der Waals surface area contributed by atoms with Crippen LogP contribution in [0.25, 0.3) is 0 Å². The molecule has 0 atom stereocenters. The van der Waals surface area contributed by atoms with Crippen molar-refractivity contribution in [2.45, 2.75) is 13.8 Å². The van der Waals surface area contributed by atoms with E-state index in [4.69, 9.17) is 16.3 Å². The van der Waals surface area contributed by atoms with Gasteiger partial charge in [-0.3, -0.25) is 9.10 Å². The Morgan fingerprint density at radius 1 is 1.18 bits per heavy atom. The van der Waals surface area contributed by atoms with Crippen molar-refractivity contribution < 1.29 is 22.7 Å². The van der Waals surface area contributed by atoms with Crippen LogP contribution in [0.1, 0.15) is 33.2 Å². The summed E-state index contributed by atoms with van der Waals surface area (Å²) < 4.78 is 29.4. The highest BCUT2D eigenvalue weighted by atomic mass is 35.5. The van der Waals surface area contributed by atoms with Crippen LogP contribution < -0.4 is 9.62 Å². The Hall–Kier alpha value is -2.58. The second-order valence-corrected chi connectivity index (χ2v) is 8.47. The number of amides is 1. The molecule has 1 amide bonds. The molecule has 0 fully saturated rings. The van der Waals surface area contributed by atoms with Crippen LogP contribution in [0.5, 0.6) is 0 Å². The number of anilines is 2. The van der Waals surface area contributed by atoms with Crippen molar-refractivity contribution in [2.24, 2.45) is 0 Å². The maximum absolute atomic E-state index is 12.6. The molecule has 0 bridgehead atoms. The molecule has 0 aliphatic rings. The smallest absolute Gasteiger partial charge is 0.338 e. The van der Waals surface area contributed by atoms with Crippen LogP contribution in [0, 0.1) is 6.92 Å². The normalized spacial score (nSPS) is 11.0. The van der Waals surface area contributed by atoms with E-state index >= 15 is 0 Å². The first kappa shape index (κ1) is 21.7. The number of halogens is 1. The van der Waals surface area contributed by atoms with Gasteiger partial charge in [0, 0.05) is 12.7 Å². The Morgan fingerprint density at radius 3 is 2.43 bits per heavy atom. The van der Waals surface area contributed by atoms with Crippen molar-refractivity contribution in [3.05, 3.63) is 58.1 Å². The van der Waals surface area contributed by atoms with Crippen LogP contribution in [-0.2, 0) is 14.8 Å². The number of carbonyl (C=O) groups excluding carboxylic acids is 2. The van der Waals surface area contributed by atoms with Crippen molar-refractivity contribution in [3.8, 4) is 0 Å². The van der Waals surface area contributed by atoms with Gasteiger partial charge in [-0.05, 0) is 49.7 Å². The van der Waals surface area contributed by atoms with E-state index in [1.807, 2.05) is 0 Å². The van der Waals surface area contributed by atoms with Gasteiger partial charge in [0.05, 0.1) is 34.7 Å². The number of nitrogens with zero attached hydrogens (tertiary/aromatic N) is 1. The Labute approximate surface area is 169 Å². The Morgan fingerprint density at radius 2 is 1.86 bits per heavy atom. The molecule has 28 heavy (non-hydrogen) atoms. The number of nitrogens with one attached hydrogen (secondary N) is 1. The van der Waals surface area contributed by atoms with Crippen molar-refractivity contribution in [2.75, 3.05) is 29.5 Å². The van der Waals surface area contributed by atoms with Gasteiger partial charge >= 0.3 is 5.97 Å². The van der Waals surface area contributed by atoms with Crippen LogP contribution in [0.4, 0.5) is 11.4 Å². The largest absolute Gasteiger partial charge is 0.462 e. The average Bonchev–Trinajstić information content (AvgIpc) is 2.62.